The van der Waals surface area contributed by atoms with Crippen molar-refractivity contribution in [3.8, 4) is 0 Å². The second kappa shape index (κ2) is 6.83. The molecule has 0 aliphatic heterocycles. The van der Waals surface area contributed by atoms with Crippen molar-refractivity contribution in [3.05, 3.63) is 23.3 Å². The van der Waals surface area contributed by atoms with Gasteiger partial charge in [0, 0.05) is 13.3 Å². The SMILES string of the molecule is CC(=O)OC/C=C1/CC[C@H]2[C@@H]3C[C@H](C)C4=CC(=O)CC[C@]4(C)[C@H]3[C@@H](O)C[C@]12C. The van der Waals surface area contributed by atoms with Gasteiger partial charge in [-0.2, -0.15) is 0 Å². The summed E-state index contributed by atoms with van der Waals surface area (Å²) in [6.07, 6.45) is 9.15. The molecule has 0 radical (unpaired) electrons. The Kier molecular flexibility index (Phi) is 4.85. The smallest absolute Gasteiger partial charge is 0.302 e. The molecule has 0 bridgehead atoms. The maximum absolute atomic E-state index is 12.1. The number of ether oxygens (including phenoxy) is 1. The zero-order chi connectivity index (χ0) is 20.3. The molecule has 0 saturated heterocycles. The Morgan fingerprint density at radius 1 is 1.32 bits per heavy atom. The molecule has 4 rings (SSSR count). The second-order valence-corrected chi connectivity index (χ2v) is 10.2. The van der Waals surface area contributed by atoms with E-state index in [1.165, 1.54) is 18.1 Å². The molecule has 7 atom stereocenters. The highest BCUT2D eigenvalue weighted by Crippen LogP contribution is 2.67. The van der Waals surface area contributed by atoms with E-state index >= 15 is 0 Å². The number of carbonyl (C=O) groups is 2. The van der Waals surface area contributed by atoms with E-state index in [1.54, 1.807) is 0 Å². The quantitative estimate of drug-likeness (QED) is 0.570. The predicted octanol–water partition coefficient (Wildman–Crippen LogP) is 4.22. The van der Waals surface area contributed by atoms with Crippen LogP contribution < -0.4 is 0 Å². The molecule has 4 nitrogen and oxygen atoms in total. The minimum Gasteiger partial charge on any atom is -0.462 e. The highest BCUT2D eigenvalue weighted by atomic mass is 16.5. The normalized spacial score (nSPS) is 46.5. The Morgan fingerprint density at radius 2 is 2.07 bits per heavy atom. The van der Waals surface area contributed by atoms with Crippen LogP contribution in [0.3, 0.4) is 0 Å². The third-order valence-electron chi connectivity index (χ3n) is 8.68. The number of carbonyl (C=O) groups excluding carboxylic acids is 2. The molecule has 4 aliphatic carbocycles. The summed E-state index contributed by atoms with van der Waals surface area (Å²) in [4.78, 5) is 23.2. The number of fused-ring (bicyclic) bond motifs is 5. The van der Waals surface area contributed by atoms with Crippen molar-refractivity contribution >= 4 is 11.8 Å². The highest BCUT2D eigenvalue weighted by molar-refractivity contribution is 5.91. The molecular weight excluding hydrogens is 352 g/mol. The molecule has 154 valence electrons. The molecule has 0 aromatic heterocycles. The monoisotopic (exact) mass is 386 g/mol. The van der Waals surface area contributed by atoms with Crippen LogP contribution >= 0.6 is 0 Å². The summed E-state index contributed by atoms with van der Waals surface area (Å²) < 4.78 is 5.16. The van der Waals surface area contributed by atoms with E-state index in [0.29, 0.717) is 30.8 Å². The van der Waals surface area contributed by atoms with Gasteiger partial charge in [0.2, 0.25) is 0 Å². The van der Waals surface area contributed by atoms with E-state index in [2.05, 4.69) is 26.8 Å². The van der Waals surface area contributed by atoms with Gasteiger partial charge in [-0.05, 0) is 78.8 Å². The van der Waals surface area contributed by atoms with Crippen LogP contribution in [0.1, 0.15) is 66.2 Å². The van der Waals surface area contributed by atoms with Gasteiger partial charge >= 0.3 is 5.97 Å². The van der Waals surface area contributed by atoms with Gasteiger partial charge in [-0.3, -0.25) is 9.59 Å². The average Bonchev–Trinajstić information content (AvgIpc) is 2.92. The van der Waals surface area contributed by atoms with Crippen LogP contribution in [0.2, 0.25) is 0 Å². The van der Waals surface area contributed by atoms with E-state index in [0.717, 1.165) is 32.1 Å². The lowest BCUT2D eigenvalue weighted by molar-refractivity contribution is -0.139. The van der Waals surface area contributed by atoms with Crippen LogP contribution in [-0.2, 0) is 14.3 Å². The van der Waals surface area contributed by atoms with Crippen LogP contribution in [0, 0.1) is 34.5 Å². The van der Waals surface area contributed by atoms with Gasteiger partial charge in [-0.1, -0.05) is 31.9 Å². The molecule has 0 aromatic carbocycles. The summed E-state index contributed by atoms with van der Waals surface area (Å²) in [6, 6.07) is 0. The lowest BCUT2D eigenvalue weighted by Gasteiger charge is -2.60. The van der Waals surface area contributed by atoms with Crippen LogP contribution in [0.25, 0.3) is 0 Å². The lowest BCUT2D eigenvalue weighted by atomic mass is 9.45. The Bertz CT molecular complexity index is 750. The lowest BCUT2D eigenvalue weighted by Crippen LogP contribution is -2.57. The summed E-state index contributed by atoms with van der Waals surface area (Å²) in [5, 5.41) is 11.4. The Balaban J connectivity index is 1.66. The summed E-state index contributed by atoms with van der Waals surface area (Å²) in [5.41, 5.74) is 2.58. The van der Waals surface area contributed by atoms with E-state index < -0.39 is 0 Å². The van der Waals surface area contributed by atoms with Crippen LogP contribution in [0.4, 0.5) is 0 Å². The third kappa shape index (κ3) is 2.91. The first kappa shape index (κ1) is 19.9. The number of aliphatic hydroxyl groups is 1. The minimum atomic E-state index is -0.351. The summed E-state index contributed by atoms with van der Waals surface area (Å²) in [7, 11) is 0. The molecule has 0 heterocycles. The molecule has 0 spiro atoms. The van der Waals surface area contributed by atoms with Crippen molar-refractivity contribution in [2.75, 3.05) is 6.61 Å². The van der Waals surface area contributed by atoms with Gasteiger partial charge in [-0.15, -0.1) is 0 Å². The molecule has 4 heteroatoms. The van der Waals surface area contributed by atoms with E-state index in [-0.39, 0.29) is 34.6 Å². The minimum absolute atomic E-state index is 0.0114. The topological polar surface area (TPSA) is 63.6 Å². The zero-order valence-electron chi connectivity index (χ0n) is 17.7. The highest BCUT2D eigenvalue weighted by Gasteiger charge is 2.61. The fourth-order valence-corrected chi connectivity index (χ4v) is 7.56. The van der Waals surface area contributed by atoms with E-state index in [1.807, 2.05) is 6.08 Å². The maximum Gasteiger partial charge on any atom is 0.302 e. The molecular formula is C24H34O4. The number of rotatable bonds is 2. The van der Waals surface area contributed by atoms with Gasteiger partial charge in [0.25, 0.3) is 0 Å². The Hall–Kier alpha value is -1.42. The number of allylic oxidation sites excluding steroid dienone is 2. The fourth-order valence-electron chi connectivity index (χ4n) is 7.56. The van der Waals surface area contributed by atoms with Crippen LogP contribution in [0.15, 0.2) is 23.3 Å². The van der Waals surface area contributed by atoms with Crippen molar-refractivity contribution in [1.29, 1.82) is 0 Å². The molecule has 28 heavy (non-hydrogen) atoms. The molecule has 4 aliphatic rings. The molecule has 1 N–H and O–H groups in total. The number of esters is 1. The van der Waals surface area contributed by atoms with Gasteiger partial charge in [0.05, 0.1) is 6.10 Å². The van der Waals surface area contributed by atoms with Crippen molar-refractivity contribution in [2.45, 2.75) is 72.3 Å². The third-order valence-corrected chi connectivity index (χ3v) is 8.68. The van der Waals surface area contributed by atoms with Crippen LogP contribution in [-0.4, -0.2) is 29.6 Å². The van der Waals surface area contributed by atoms with Gasteiger partial charge in [0.1, 0.15) is 6.61 Å². The molecule has 0 aromatic rings. The molecule has 3 fully saturated rings. The summed E-state index contributed by atoms with van der Waals surface area (Å²) in [6.45, 7) is 8.66. The van der Waals surface area contributed by atoms with Crippen LogP contribution in [0.5, 0.6) is 0 Å². The van der Waals surface area contributed by atoms with Crippen molar-refractivity contribution in [3.63, 3.8) is 0 Å². The number of hydrogen-bond donors (Lipinski definition) is 1. The van der Waals surface area contributed by atoms with Crippen molar-refractivity contribution in [2.24, 2.45) is 34.5 Å². The molecule has 3 saturated carbocycles. The number of ketones is 1. The van der Waals surface area contributed by atoms with Gasteiger partial charge < -0.3 is 9.84 Å². The van der Waals surface area contributed by atoms with Crippen molar-refractivity contribution in [1.82, 2.24) is 0 Å². The van der Waals surface area contributed by atoms with E-state index in [4.69, 9.17) is 4.74 Å². The number of hydrogen-bond acceptors (Lipinski definition) is 4. The first-order chi connectivity index (χ1) is 13.2. The first-order valence-electron chi connectivity index (χ1n) is 10.9. The second-order valence-electron chi connectivity index (χ2n) is 10.2. The van der Waals surface area contributed by atoms with Crippen molar-refractivity contribution < 1.29 is 19.4 Å². The standard InChI is InChI=1S/C24H34O4/c1-14-11-18-19-6-5-16(8-10-28-15(2)25)24(19,4)13-21(27)22(18)23(3)9-7-17(26)12-20(14)23/h8,12,14,18-19,21-22,27H,5-7,9-11,13H2,1-4H3/b16-8-/t14-,18-,19-,21-,22+,23-,24+/m0/s1. The fraction of sp³-hybridized carbons (Fsp3) is 0.750. The Morgan fingerprint density at radius 3 is 2.79 bits per heavy atom. The molecule has 0 amide bonds. The average molecular weight is 387 g/mol. The van der Waals surface area contributed by atoms with Gasteiger partial charge in [-0.25, -0.2) is 0 Å². The zero-order valence-corrected chi connectivity index (χ0v) is 17.7. The maximum atomic E-state index is 12.1. The largest absolute Gasteiger partial charge is 0.462 e. The molecule has 0 unspecified atom stereocenters. The summed E-state index contributed by atoms with van der Waals surface area (Å²) >= 11 is 0. The van der Waals surface area contributed by atoms with Gasteiger partial charge in [0.15, 0.2) is 5.78 Å². The first-order valence-corrected chi connectivity index (χ1v) is 10.9. The summed E-state index contributed by atoms with van der Waals surface area (Å²) in [5.74, 6) is 1.69. The van der Waals surface area contributed by atoms with E-state index in [9.17, 15) is 14.7 Å². The predicted molar refractivity (Wildman–Crippen MR) is 107 cm³/mol. The number of aliphatic hydroxyl groups excluding tert-OH is 1. The Labute approximate surface area is 168 Å².